The lowest BCUT2D eigenvalue weighted by molar-refractivity contribution is 0.660. The highest BCUT2D eigenvalue weighted by Crippen LogP contribution is 2.61. The first-order valence-corrected chi connectivity index (χ1v) is 13.2. The van der Waals surface area contributed by atoms with Crippen molar-refractivity contribution >= 4 is 0 Å². The van der Waals surface area contributed by atoms with Gasteiger partial charge in [0, 0.05) is 5.92 Å². The van der Waals surface area contributed by atoms with Crippen molar-refractivity contribution in [2.24, 2.45) is 0 Å². The fraction of sp³-hybridized carbons (Fsp3) is 0.167. The molecule has 0 bridgehead atoms. The Labute approximate surface area is 214 Å². The van der Waals surface area contributed by atoms with Crippen LogP contribution < -0.4 is 0 Å². The molecule has 0 aliphatic heterocycles. The van der Waals surface area contributed by atoms with Gasteiger partial charge in [0.1, 0.15) is 0 Å². The molecule has 1 spiro atoms. The Hall–Kier alpha value is -3.90. The van der Waals surface area contributed by atoms with Crippen molar-refractivity contribution in [1.82, 2.24) is 0 Å². The molecule has 0 saturated heterocycles. The maximum Gasteiger partial charge on any atom is 0.0719 e. The van der Waals surface area contributed by atoms with E-state index in [4.69, 9.17) is 0 Å². The quantitative estimate of drug-likeness (QED) is 0.241. The van der Waals surface area contributed by atoms with Crippen LogP contribution in [-0.2, 0) is 11.8 Å². The van der Waals surface area contributed by atoms with Gasteiger partial charge in [-0.15, -0.1) is 0 Å². The van der Waals surface area contributed by atoms with Gasteiger partial charge in [-0.1, -0.05) is 135 Å². The molecule has 3 atom stereocenters. The fourth-order valence-electron chi connectivity index (χ4n) is 7.19. The smallest absolute Gasteiger partial charge is 0.0622 e. The summed E-state index contributed by atoms with van der Waals surface area (Å²) in [6, 6.07) is 45.9. The van der Waals surface area contributed by atoms with Crippen LogP contribution in [0.3, 0.4) is 0 Å². The van der Waals surface area contributed by atoms with E-state index in [-0.39, 0.29) is 11.3 Å². The van der Waals surface area contributed by atoms with Crippen molar-refractivity contribution in [1.29, 1.82) is 0 Å². The molecule has 0 nitrogen and oxygen atoms in total. The Morgan fingerprint density at radius 2 is 1.14 bits per heavy atom. The number of fused-ring (bicyclic) bond motifs is 9. The Morgan fingerprint density at radius 1 is 0.556 bits per heavy atom. The first-order chi connectivity index (χ1) is 17.7. The van der Waals surface area contributed by atoms with Crippen LogP contribution in [0.2, 0.25) is 0 Å². The standard InChI is InChI=1S/C36H30/c1-3-25-21-22-29-28-16-8-11-19-32(28)36(34(29)23-25)31-18-10-7-15-27(31)24(2)35(26-13-5-4-6-14-26)30-17-9-12-20-33(30)36/h4-24,35H,3H2,1-2H3. The maximum atomic E-state index is 2.50. The zero-order chi connectivity index (χ0) is 24.3. The number of rotatable bonds is 2. The van der Waals surface area contributed by atoms with Crippen LogP contribution in [0.5, 0.6) is 0 Å². The molecule has 174 valence electrons. The second-order valence-corrected chi connectivity index (χ2v) is 10.4. The van der Waals surface area contributed by atoms with Crippen molar-refractivity contribution in [3.05, 3.63) is 166 Å². The maximum absolute atomic E-state index is 2.50. The van der Waals surface area contributed by atoms with Crippen molar-refractivity contribution < 1.29 is 0 Å². The molecule has 7 rings (SSSR count). The summed E-state index contributed by atoms with van der Waals surface area (Å²) < 4.78 is 0. The second kappa shape index (κ2) is 8.07. The second-order valence-electron chi connectivity index (χ2n) is 10.4. The van der Waals surface area contributed by atoms with E-state index in [0.29, 0.717) is 5.92 Å². The highest BCUT2D eigenvalue weighted by molar-refractivity contribution is 5.87. The molecular formula is C36H30. The minimum Gasteiger partial charge on any atom is -0.0622 e. The van der Waals surface area contributed by atoms with E-state index in [1.54, 1.807) is 0 Å². The molecule has 0 amide bonds. The van der Waals surface area contributed by atoms with Gasteiger partial charge in [0.15, 0.2) is 0 Å². The van der Waals surface area contributed by atoms with Gasteiger partial charge < -0.3 is 0 Å². The minimum absolute atomic E-state index is 0.286. The molecule has 0 saturated carbocycles. The van der Waals surface area contributed by atoms with Crippen molar-refractivity contribution in [2.45, 2.75) is 37.5 Å². The summed E-state index contributed by atoms with van der Waals surface area (Å²) in [4.78, 5) is 0. The van der Waals surface area contributed by atoms with Gasteiger partial charge in [-0.25, -0.2) is 0 Å². The molecule has 0 fully saturated rings. The molecule has 5 aromatic carbocycles. The van der Waals surface area contributed by atoms with E-state index in [1.165, 1.54) is 55.6 Å². The molecule has 2 aliphatic carbocycles. The summed E-state index contributed by atoms with van der Waals surface area (Å²) in [6.07, 6.45) is 1.03. The van der Waals surface area contributed by atoms with Crippen LogP contribution in [0.4, 0.5) is 0 Å². The fourth-order valence-corrected chi connectivity index (χ4v) is 7.19. The Kier molecular flexibility index (Phi) is 4.79. The third-order valence-electron chi connectivity index (χ3n) is 8.73. The minimum atomic E-state index is -0.331. The number of hydrogen-bond acceptors (Lipinski definition) is 0. The Balaban J connectivity index is 1.69. The van der Waals surface area contributed by atoms with Gasteiger partial charge in [-0.3, -0.25) is 0 Å². The topological polar surface area (TPSA) is 0 Å². The van der Waals surface area contributed by atoms with E-state index in [0.717, 1.165) is 6.42 Å². The SMILES string of the molecule is CCc1ccc2c(c1)C1(c3ccccc3-2)c2ccccc2C(C)C(c2ccccc2)c2ccccc21. The summed E-state index contributed by atoms with van der Waals surface area (Å²) in [5.74, 6) is 0.628. The molecule has 5 aromatic rings. The first kappa shape index (κ1) is 21.4. The number of hydrogen-bond donors (Lipinski definition) is 0. The predicted molar refractivity (Wildman–Crippen MR) is 150 cm³/mol. The van der Waals surface area contributed by atoms with E-state index >= 15 is 0 Å². The average molecular weight is 463 g/mol. The molecular weight excluding hydrogens is 432 g/mol. The molecule has 3 unspecified atom stereocenters. The van der Waals surface area contributed by atoms with Crippen LogP contribution >= 0.6 is 0 Å². The van der Waals surface area contributed by atoms with Crippen LogP contribution in [0.1, 0.15) is 70.2 Å². The van der Waals surface area contributed by atoms with Gasteiger partial charge in [-0.05, 0) is 68.0 Å². The van der Waals surface area contributed by atoms with Gasteiger partial charge in [0.05, 0.1) is 5.41 Å². The van der Waals surface area contributed by atoms with E-state index in [1.807, 2.05) is 0 Å². The van der Waals surface area contributed by atoms with Gasteiger partial charge in [0.2, 0.25) is 0 Å². The molecule has 36 heavy (non-hydrogen) atoms. The van der Waals surface area contributed by atoms with Gasteiger partial charge in [0.25, 0.3) is 0 Å². The average Bonchev–Trinajstić information content (AvgIpc) is 3.19. The lowest BCUT2D eigenvalue weighted by Crippen LogP contribution is -2.30. The summed E-state index contributed by atoms with van der Waals surface area (Å²) in [5.41, 5.74) is 13.8. The van der Waals surface area contributed by atoms with Crippen LogP contribution in [0.15, 0.2) is 121 Å². The van der Waals surface area contributed by atoms with Crippen LogP contribution in [-0.4, -0.2) is 0 Å². The molecule has 0 aromatic heterocycles. The largest absolute Gasteiger partial charge is 0.0719 e. The molecule has 0 radical (unpaired) electrons. The number of benzene rings is 5. The zero-order valence-electron chi connectivity index (χ0n) is 20.9. The lowest BCUT2D eigenvalue weighted by atomic mass is 9.65. The normalized spacial score (nSPS) is 21.3. The van der Waals surface area contributed by atoms with E-state index in [2.05, 4.69) is 135 Å². The van der Waals surface area contributed by atoms with Crippen LogP contribution in [0.25, 0.3) is 11.1 Å². The van der Waals surface area contributed by atoms with E-state index in [9.17, 15) is 0 Å². The molecule has 2 aliphatic rings. The monoisotopic (exact) mass is 462 g/mol. The Morgan fingerprint density at radius 3 is 1.89 bits per heavy atom. The number of aryl methyl sites for hydroxylation is 1. The highest BCUT2D eigenvalue weighted by Gasteiger charge is 2.51. The van der Waals surface area contributed by atoms with Crippen molar-refractivity contribution in [3.8, 4) is 11.1 Å². The third kappa shape index (κ3) is 2.76. The summed E-state index contributed by atoms with van der Waals surface area (Å²) in [6.45, 7) is 4.69. The van der Waals surface area contributed by atoms with Gasteiger partial charge in [-0.2, -0.15) is 0 Å². The predicted octanol–water partition coefficient (Wildman–Crippen LogP) is 8.86. The Bertz CT molecular complexity index is 1590. The van der Waals surface area contributed by atoms with Crippen molar-refractivity contribution in [3.63, 3.8) is 0 Å². The zero-order valence-corrected chi connectivity index (χ0v) is 20.9. The van der Waals surface area contributed by atoms with E-state index < -0.39 is 0 Å². The molecule has 0 heteroatoms. The van der Waals surface area contributed by atoms with Crippen molar-refractivity contribution in [2.75, 3.05) is 0 Å². The molecule has 0 N–H and O–H groups in total. The van der Waals surface area contributed by atoms with Gasteiger partial charge >= 0.3 is 0 Å². The lowest BCUT2D eigenvalue weighted by Gasteiger charge is -2.35. The highest BCUT2D eigenvalue weighted by atomic mass is 14.5. The van der Waals surface area contributed by atoms with Crippen LogP contribution in [0, 0.1) is 0 Å². The first-order valence-electron chi connectivity index (χ1n) is 13.2. The summed E-state index contributed by atoms with van der Waals surface area (Å²) >= 11 is 0. The summed E-state index contributed by atoms with van der Waals surface area (Å²) in [5, 5.41) is 0. The summed E-state index contributed by atoms with van der Waals surface area (Å²) in [7, 11) is 0. The third-order valence-corrected chi connectivity index (χ3v) is 8.73. The molecule has 0 heterocycles.